The Balaban J connectivity index is 0.00000320. The van der Waals surface area contributed by atoms with E-state index in [9.17, 15) is 9.59 Å². The maximum absolute atomic E-state index is 12.4. The number of halogens is 3. The molecule has 0 spiro atoms. The lowest BCUT2D eigenvalue weighted by Gasteiger charge is -2.36. The van der Waals surface area contributed by atoms with E-state index in [2.05, 4.69) is 50.6 Å². The molecule has 0 aliphatic carbocycles. The second-order valence-electron chi connectivity index (χ2n) is 7.69. The molecule has 3 rings (SSSR count). The molecule has 30 heavy (non-hydrogen) atoms. The van der Waals surface area contributed by atoms with E-state index >= 15 is 0 Å². The van der Waals surface area contributed by atoms with Crippen LogP contribution in [-0.2, 0) is 9.59 Å². The van der Waals surface area contributed by atoms with E-state index in [0.29, 0.717) is 6.54 Å². The van der Waals surface area contributed by atoms with E-state index in [-0.39, 0.29) is 30.4 Å². The lowest BCUT2D eigenvalue weighted by molar-refractivity contribution is -0.130. The molecule has 5 nitrogen and oxygen atoms in total. The van der Waals surface area contributed by atoms with E-state index in [1.807, 2.05) is 48.5 Å². The van der Waals surface area contributed by atoms with Crippen molar-refractivity contribution in [1.29, 1.82) is 0 Å². The molecule has 8 heteroatoms. The molecular formula is C22H26Br2ClN3O2. The van der Waals surface area contributed by atoms with Crippen LogP contribution in [0.2, 0.25) is 0 Å². The van der Waals surface area contributed by atoms with Crippen molar-refractivity contribution in [1.82, 2.24) is 4.90 Å². The van der Waals surface area contributed by atoms with Gasteiger partial charge in [-0.1, -0.05) is 63.0 Å². The Labute approximate surface area is 200 Å². The Morgan fingerprint density at radius 3 is 1.80 bits per heavy atom. The van der Waals surface area contributed by atoms with Crippen LogP contribution in [0.25, 0.3) is 0 Å². The van der Waals surface area contributed by atoms with Crippen molar-refractivity contribution in [3.8, 4) is 0 Å². The molecule has 1 aliphatic rings. The van der Waals surface area contributed by atoms with Gasteiger partial charge in [0.05, 0.1) is 11.8 Å². The number of amides is 2. The van der Waals surface area contributed by atoms with Crippen molar-refractivity contribution in [2.75, 3.05) is 6.54 Å². The molecule has 162 valence electrons. The Morgan fingerprint density at radius 2 is 1.37 bits per heavy atom. The van der Waals surface area contributed by atoms with E-state index in [4.69, 9.17) is 11.5 Å². The van der Waals surface area contributed by atoms with Crippen LogP contribution in [0.1, 0.15) is 36.9 Å². The van der Waals surface area contributed by atoms with E-state index in [1.54, 1.807) is 0 Å². The molecule has 1 fully saturated rings. The summed E-state index contributed by atoms with van der Waals surface area (Å²) in [5.74, 6) is -2.21. The minimum atomic E-state index is -0.635. The average Bonchev–Trinajstić information content (AvgIpc) is 3.09. The summed E-state index contributed by atoms with van der Waals surface area (Å²) in [5.41, 5.74) is 13.7. The molecule has 2 aromatic rings. The standard InChI is InChI=1S/C22H25Br2N3O2.ClH/c1-12(14-3-7-16(23)8-4-14)20-19(22(26)29)18(21(25)28)11-27(20)13(2)15-5-9-17(24)10-6-15;/h3-10,12-13,18-20H,11H2,1-2H3,(H2,25,28)(H2,26,29);1H. The van der Waals surface area contributed by atoms with Gasteiger partial charge < -0.3 is 11.5 Å². The molecule has 2 amide bonds. The highest BCUT2D eigenvalue weighted by molar-refractivity contribution is 9.10. The maximum Gasteiger partial charge on any atom is 0.222 e. The average molecular weight is 560 g/mol. The number of likely N-dealkylation sites (tertiary alicyclic amines) is 1. The van der Waals surface area contributed by atoms with Gasteiger partial charge in [0.2, 0.25) is 11.8 Å². The lowest BCUT2D eigenvalue weighted by Crippen LogP contribution is -2.44. The number of carbonyl (C=O) groups excluding carboxylic acids is 2. The van der Waals surface area contributed by atoms with Crippen LogP contribution in [0.15, 0.2) is 57.5 Å². The minimum Gasteiger partial charge on any atom is -0.369 e. The third-order valence-corrected chi connectivity index (χ3v) is 7.10. The van der Waals surface area contributed by atoms with Crippen molar-refractivity contribution in [2.24, 2.45) is 23.3 Å². The van der Waals surface area contributed by atoms with Gasteiger partial charge in [-0.3, -0.25) is 14.5 Å². The molecular weight excluding hydrogens is 534 g/mol. The molecule has 4 N–H and O–H groups in total. The Hall–Kier alpha value is -1.41. The number of primary amides is 2. The molecule has 1 heterocycles. The van der Waals surface area contributed by atoms with Crippen molar-refractivity contribution in [3.63, 3.8) is 0 Å². The van der Waals surface area contributed by atoms with Gasteiger partial charge in [0.1, 0.15) is 0 Å². The first-order valence-corrected chi connectivity index (χ1v) is 11.1. The highest BCUT2D eigenvalue weighted by Gasteiger charge is 2.51. The zero-order chi connectivity index (χ0) is 21.3. The summed E-state index contributed by atoms with van der Waals surface area (Å²) in [7, 11) is 0. The molecule has 1 saturated heterocycles. The van der Waals surface area contributed by atoms with Gasteiger partial charge in [0.25, 0.3) is 0 Å². The fraction of sp³-hybridized carbons (Fsp3) is 0.364. The Morgan fingerprint density at radius 1 is 0.900 bits per heavy atom. The van der Waals surface area contributed by atoms with Gasteiger partial charge in [-0.15, -0.1) is 12.4 Å². The van der Waals surface area contributed by atoms with Gasteiger partial charge in [0.15, 0.2) is 0 Å². The second kappa shape index (κ2) is 10.3. The topological polar surface area (TPSA) is 89.4 Å². The summed E-state index contributed by atoms with van der Waals surface area (Å²) in [5, 5.41) is 0. The van der Waals surface area contributed by atoms with E-state index in [1.165, 1.54) is 0 Å². The first-order valence-electron chi connectivity index (χ1n) is 9.56. The number of hydrogen-bond acceptors (Lipinski definition) is 3. The van der Waals surface area contributed by atoms with Crippen LogP contribution in [-0.4, -0.2) is 29.3 Å². The first-order chi connectivity index (χ1) is 13.7. The van der Waals surface area contributed by atoms with Gasteiger partial charge in [-0.25, -0.2) is 0 Å². The molecule has 2 aromatic carbocycles. The highest BCUT2D eigenvalue weighted by Crippen LogP contribution is 2.43. The van der Waals surface area contributed by atoms with Crippen LogP contribution >= 0.6 is 44.3 Å². The van der Waals surface area contributed by atoms with E-state index < -0.39 is 23.7 Å². The summed E-state index contributed by atoms with van der Waals surface area (Å²) in [4.78, 5) is 26.8. The molecule has 5 atom stereocenters. The monoisotopic (exact) mass is 557 g/mol. The fourth-order valence-corrected chi connectivity index (χ4v) is 4.98. The first kappa shape index (κ1) is 24.9. The predicted octanol–water partition coefficient (Wildman–Crippen LogP) is 4.39. The van der Waals surface area contributed by atoms with Gasteiger partial charge in [-0.2, -0.15) is 0 Å². The number of nitrogens with zero attached hydrogens (tertiary/aromatic N) is 1. The molecule has 5 unspecified atom stereocenters. The smallest absolute Gasteiger partial charge is 0.222 e. The zero-order valence-electron chi connectivity index (χ0n) is 16.8. The van der Waals surface area contributed by atoms with Gasteiger partial charge in [-0.05, 0) is 48.2 Å². The van der Waals surface area contributed by atoms with Crippen LogP contribution in [0.5, 0.6) is 0 Å². The lowest BCUT2D eigenvalue weighted by atomic mass is 9.80. The summed E-state index contributed by atoms with van der Waals surface area (Å²) < 4.78 is 1.99. The normalized spacial score (nSPS) is 23.4. The molecule has 0 saturated carbocycles. The molecule has 0 radical (unpaired) electrons. The molecule has 0 aromatic heterocycles. The summed E-state index contributed by atoms with van der Waals surface area (Å²) >= 11 is 6.93. The van der Waals surface area contributed by atoms with Crippen molar-refractivity contribution in [3.05, 3.63) is 68.6 Å². The third kappa shape index (κ3) is 5.07. The number of rotatable bonds is 6. The summed E-state index contributed by atoms with van der Waals surface area (Å²) in [6, 6.07) is 15.9. The van der Waals surface area contributed by atoms with Crippen LogP contribution in [0, 0.1) is 11.8 Å². The minimum absolute atomic E-state index is 0. The van der Waals surface area contributed by atoms with Crippen LogP contribution in [0.3, 0.4) is 0 Å². The third-order valence-electron chi connectivity index (χ3n) is 6.04. The number of benzene rings is 2. The van der Waals surface area contributed by atoms with Crippen LogP contribution in [0.4, 0.5) is 0 Å². The van der Waals surface area contributed by atoms with E-state index in [0.717, 1.165) is 20.1 Å². The van der Waals surface area contributed by atoms with Crippen molar-refractivity contribution >= 4 is 56.1 Å². The maximum atomic E-state index is 12.4. The van der Waals surface area contributed by atoms with Crippen molar-refractivity contribution < 1.29 is 9.59 Å². The number of hydrogen-bond donors (Lipinski definition) is 2. The summed E-state index contributed by atoms with van der Waals surface area (Å²) in [6.45, 7) is 4.58. The van der Waals surface area contributed by atoms with Crippen molar-refractivity contribution in [2.45, 2.75) is 31.8 Å². The number of nitrogens with two attached hydrogens (primary N) is 2. The quantitative estimate of drug-likeness (QED) is 0.550. The predicted molar refractivity (Wildman–Crippen MR) is 128 cm³/mol. The van der Waals surface area contributed by atoms with Crippen LogP contribution < -0.4 is 11.5 Å². The summed E-state index contributed by atoms with van der Waals surface area (Å²) in [6.07, 6.45) is 0. The van der Waals surface area contributed by atoms with Gasteiger partial charge >= 0.3 is 0 Å². The highest BCUT2D eigenvalue weighted by atomic mass is 79.9. The Bertz CT molecular complexity index is 892. The zero-order valence-corrected chi connectivity index (χ0v) is 20.8. The molecule has 1 aliphatic heterocycles. The SMILES string of the molecule is CC(c1ccc(Br)cc1)C1C(C(N)=O)C(C(N)=O)CN1C(C)c1ccc(Br)cc1.Cl. The number of carbonyl (C=O) groups is 2. The second-order valence-corrected chi connectivity index (χ2v) is 9.52. The molecule has 0 bridgehead atoms. The van der Waals surface area contributed by atoms with Gasteiger partial charge in [0, 0.05) is 27.6 Å². The fourth-order valence-electron chi connectivity index (χ4n) is 4.45. The largest absolute Gasteiger partial charge is 0.369 e. The Kier molecular flexibility index (Phi) is 8.51.